The number of hydrogen-bond donors (Lipinski definition) is 1. The summed E-state index contributed by atoms with van der Waals surface area (Å²) >= 11 is 0. The highest BCUT2D eigenvalue weighted by molar-refractivity contribution is 5.78. The minimum absolute atomic E-state index is 0.0586. The predicted molar refractivity (Wildman–Crippen MR) is 88.3 cm³/mol. The molecule has 1 N–H and O–H groups in total. The molecule has 0 spiro atoms. The van der Waals surface area contributed by atoms with Gasteiger partial charge in [-0.2, -0.15) is 0 Å². The van der Waals surface area contributed by atoms with E-state index in [0.717, 1.165) is 16.9 Å². The molecule has 0 bridgehead atoms. The van der Waals surface area contributed by atoms with Crippen LogP contribution in [0.2, 0.25) is 0 Å². The second-order valence-electron chi connectivity index (χ2n) is 5.77. The number of para-hydroxylation sites is 1. The van der Waals surface area contributed by atoms with Gasteiger partial charge in [0.2, 0.25) is 5.91 Å². The number of amides is 1. The number of benzene rings is 2. The van der Waals surface area contributed by atoms with Crippen LogP contribution in [0.1, 0.15) is 29.2 Å². The number of carbonyl (C=O) groups is 1. The van der Waals surface area contributed by atoms with E-state index in [1.165, 1.54) is 5.56 Å². The summed E-state index contributed by atoms with van der Waals surface area (Å²) in [5, 5.41) is 3.01. The molecular formula is C19H17N3O. The van der Waals surface area contributed by atoms with Gasteiger partial charge in [0.25, 0.3) is 0 Å². The first kappa shape index (κ1) is 13.8. The summed E-state index contributed by atoms with van der Waals surface area (Å²) in [7, 11) is 0. The van der Waals surface area contributed by atoms with Gasteiger partial charge in [0.1, 0.15) is 0 Å². The van der Waals surface area contributed by atoms with E-state index in [0.29, 0.717) is 13.0 Å². The Bertz CT molecular complexity index is 839. The number of fused-ring (bicyclic) bond motifs is 3. The molecule has 0 saturated carbocycles. The SMILES string of the molecule is O=C(CC1c2ccccc2-n2cncc21)NCc1ccccc1. The van der Waals surface area contributed by atoms with Gasteiger partial charge in [-0.15, -0.1) is 0 Å². The Balaban J connectivity index is 1.50. The first-order valence-corrected chi connectivity index (χ1v) is 7.75. The van der Waals surface area contributed by atoms with Crippen molar-refractivity contribution >= 4 is 5.91 Å². The predicted octanol–water partition coefficient (Wildman–Crippen LogP) is 3.02. The molecule has 0 saturated heterocycles. The zero-order chi connectivity index (χ0) is 15.6. The van der Waals surface area contributed by atoms with E-state index >= 15 is 0 Å². The molecule has 3 aromatic rings. The lowest BCUT2D eigenvalue weighted by Gasteiger charge is -2.11. The Kier molecular flexibility index (Phi) is 3.42. The van der Waals surface area contributed by atoms with E-state index in [4.69, 9.17) is 0 Å². The summed E-state index contributed by atoms with van der Waals surface area (Å²) in [5.74, 6) is 0.132. The minimum Gasteiger partial charge on any atom is -0.352 e. The maximum Gasteiger partial charge on any atom is 0.221 e. The minimum atomic E-state index is 0.0586. The lowest BCUT2D eigenvalue weighted by Crippen LogP contribution is -2.24. The highest BCUT2D eigenvalue weighted by Crippen LogP contribution is 2.39. The van der Waals surface area contributed by atoms with Crippen LogP contribution in [-0.2, 0) is 11.3 Å². The normalized spacial score (nSPS) is 15.0. The van der Waals surface area contributed by atoms with Gasteiger partial charge in [0.05, 0.1) is 17.7 Å². The Morgan fingerprint density at radius 3 is 2.74 bits per heavy atom. The highest BCUT2D eigenvalue weighted by atomic mass is 16.1. The second kappa shape index (κ2) is 5.72. The van der Waals surface area contributed by atoms with Crippen molar-refractivity contribution < 1.29 is 4.79 Å². The molecular weight excluding hydrogens is 286 g/mol. The summed E-state index contributed by atoms with van der Waals surface area (Å²) in [4.78, 5) is 16.6. The number of imidazole rings is 1. The second-order valence-corrected chi connectivity index (χ2v) is 5.77. The number of nitrogens with one attached hydrogen (secondary N) is 1. The molecule has 0 radical (unpaired) electrons. The van der Waals surface area contributed by atoms with E-state index in [9.17, 15) is 4.79 Å². The number of hydrogen-bond acceptors (Lipinski definition) is 2. The van der Waals surface area contributed by atoms with Gasteiger partial charge in [0.15, 0.2) is 0 Å². The van der Waals surface area contributed by atoms with Gasteiger partial charge in [-0.25, -0.2) is 4.98 Å². The van der Waals surface area contributed by atoms with Gasteiger partial charge in [-0.05, 0) is 17.2 Å². The lowest BCUT2D eigenvalue weighted by atomic mass is 9.94. The summed E-state index contributed by atoms with van der Waals surface area (Å²) < 4.78 is 2.07. The van der Waals surface area contributed by atoms with Crippen LogP contribution in [0.4, 0.5) is 0 Å². The third-order valence-corrected chi connectivity index (χ3v) is 4.32. The van der Waals surface area contributed by atoms with E-state index in [1.807, 2.05) is 55.0 Å². The number of nitrogens with zero attached hydrogens (tertiary/aromatic N) is 2. The van der Waals surface area contributed by atoms with Crippen molar-refractivity contribution in [3.05, 3.63) is 83.9 Å². The lowest BCUT2D eigenvalue weighted by molar-refractivity contribution is -0.121. The maximum absolute atomic E-state index is 12.4. The van der Waals surface area contributed by atoms with Crippen LogP contribution < -0.4 is 5.32 Å². The van der Waals surface area contributed by atoms with E-state index in [1.54, 1.807) is 0 Å². The average molecular weight is 303 g/mol. The molecule has 1 aromatic heterocycles. The summed E-state index contributed by atoms with van der Waals surface area (Å²) in [6, 6.07) is 18.2. The summed E-state index contributed by atoms with van der Waals surface area (Å²) in [6.07, 6.45) is 4.11. The quantitative estimate of drug-likeness (QED) is 0.805. The average Bonchev–Trinajstić information content (AvgIpc) is 3.17. The standard InChI is InChI=1S/C19H17N3O/c23-19(21-11-14-6-2-1-3-7-14)10-16-15-8-4-5-9-17(15)22-13-20-12-18(16)22/h1-9,12-13,16H,10-11H2,(H,21,23). The van der Waals surface area contributed by atoms with Crippen molar-refractivity contribution in [2.24, 2.45) is 0 Å². The van der Waals surface area contributed by atoms with Crippen LogP contribution in [0.3, 0.4) is 0 Å². The molecule has 2 aromatic carbocycles. The fourth-order valence-corrected chi connectivity index (χ4v) is 3.19. The molecule has 23 heavy (non-hydrogen) atoms. The number of carbonyl (C=O) groups excluding carboxylic acids is 1. The molecule has 1 aliphatic rings. The largest absolute Gasteiger partial charge is 0.352 e. The van der Waals surface area contributed by atoms with Crippen LogP contribution in [-0.4, -0.2) is 15.5 Å². The Hall–Kier alpha value is -2.88. The van der Waals surface area contributed by atoms with Crippen molar-refractivity contribution in [3.8, 4) is 5.69 Å². The van der Waals surface area contributed by atoms with Crippen LogP contribution >= 0.6 is 0 Å². The molecule has 4 rings (SSSR count). The van der Waals surface area contributed by atoms with Gasteiger partial charge in [-0.1, -0.05) is 48.5 Å². The van der Waals surface area contributed by atoms with Crippen LogP contribution in [0, 0.1) is 0 Å². The first-order valence-electron chi connectivity index (χ1n) is 7.75. The van der Waals surface area contributed by atoms with Crippen molar-refractivity contribution in [3.63, 3.8) is 0 Å². The van der Waals surface area contributed by atoms with Crippen molar-refractivity contribution in [1.82, 2.24) is 14.9 Å². The highest BCUT2D eigenvalue weighted by Gasteiger charge is 2.30. The van der Waals surface area contributed by atoms with Crippen LogP contribution in [0.5, 0.6) is 0 Å². The molecule has 1 amide bonds. The fourth-order valence-electron chi connectivity index (χ4n) is 3.19. The van der Waals surface area contributed by atoms with Gasteiger partial charge < -0.3 is 9.88 Å². The summed E-state index contributed by atoms with van der Waals surface area (Å²) in [5.41, 5.74) is 4.51. The van der Waals surface area contributed by atoms with Crippen molar-refractivity contribution in [2.45, 2.75) is 18.9 Å². The van der Waals surface area contributed by atoms with Gasteiger partial charge in [-0.3, -0.25) is 4.79 Å². The fraction of sp³-hybridized carbons (Fsp3) is 0.158. The first-order chi connectivity index (χ1) is 11.3. The molecule has 4 nitrogen and oxygen atoms in total. The third-order valence-electron chi connectivity index (χ3n) is 4.32. The van der Waals surface area contributed by atoms with Gasteiger partial charge in [0, 0.05) is 25.1 Å². The Morgan fingerprint density at radius 1 is 1.09 bits per heavy atom. The molecule has 1 atom stereocenters. The number of aromatic nitrogens is 2. The molecule has 1 unspecified atom stereocenters. The maximum atomic E-state index is 12.4. The Morgan fingerprint density at radius 2 is 1.87 bits per heavy atom. The smallest absolute Gasteiger partial charge is 0.221 e. The molecule has 2 heterocycles. The zero-order valence-electron chi connectivity index (χ0n) is 12.6. The molecule has 0 fully saturated rings. The van der Waals surface area contributed by atoms with Crippen molar-refractivity contribution in [2.75, 3.05) is 0 Å². The molecule has 4 heteroatoms. The summed E-state index contributed by atoms with van der Waals surface area (Å²) in [6.45, 7) is 0.563. The van der Waals surface area contributed by atoms with Crippen LogP contribution in [0.25, 0.3) is 5.69 Å². The van der Waals surface area contributed by atoms with E-state index < -0.39 is 0 Å². The third kappa shape index (κ3) is 2.52. The topological polar surface area (TPSA) is 46.9 Å². The van der Waals surface area contributed by atoms with E-state index in [-0.39, 0.29) is 11.8 Å². The number of rotatable bonds is 4. The van der Waals surface area contributed by atoms with Crippen molar-refractivity contribution in [1.29, 1.82) is 0 Å². The monoisotopic (exact) mass is 303 g/mol. The Labute approximate surface area is 134 Å². The van der Waals surface area contributed by atoms with Crippen LogP contribution in [0.15, 0.2) is 67.1 Å². The molecule has 1 aliphatic heterocycles. The molecule has 114 valence electrons. The van der Waals surface area contributed by atoms with E-state index in [2.05, 4.69) is 27.0 Å². The van der Waals surface area contributed by atoms with Gasteiger partial charge >= 0.3 is 0 Å². The molecule has 0 aliphatic carbocycles. The zero-order valence-corrected chi connectivity index (χ0v) is 12.6.